The van der Waals surface area contributed by atoms with Gasteiger partial charge in [-0.2, -0.15) is 0 Å². The molecule has 2 aromatic carbocycles. The normalized spacial score (nSPS) is 12.9. The van der Waals surface area contributed by atoms with Crippen molar-refractivity contribution in [3.63, 3.8) is 0 Å². The van der Waals surface area contributed by atoms with E-state index in [0.29, 0.717) is 11.5 Å². The fourth-order valence-electron chi connectivity index (χ4n) is 4.00. The van der Waals surface area contributed by atoms with Gasteiger partial charge in [0.15, 0.2) is 6.10 Å². The van der Waals surface area contributed by atoms with Gasteiger partial charge in [0, 0.05) is 0 Å². The Labute approximate surface area is 219 Å². The highest BCUT2D eigenvalue weighted by Gasteiger charge is 2.34. The zero-order chi connectivity index (χ0) is 28.1. The van der Waals surface area contributed by atoms with Crippen LogP contribution in [0.25, 0.3) is 0 Å². The summed E-state index contributed by atoms with van der Waals surface area (Å²) in [6.45, 7) is 15.6. The molecule has 0 aliphatic rings. The molecule has 0 aromatic heterocycles. The molecule has 0 saturated heterocycles. The van der Waals surface area contributed by atoms with E-state index in [1.165, 1.54) is 0 Å². The monoisotopic (exact) mass is 534 g/mol. The molecular formula is C28H39O8P. The summed E-state index contributed by atoms with van der Waals surface area (Å²) < 4.78 is 27.8. The number of carbonyl (C=O) groups is 2. The minimum absolute atomic E-state index is 0.00889. The lowest BCUT2D eigenvalue weighted by atomic mass is 9.94. The van der Waals surface area contributed by atoms with Crippen molar-refractivity contribution >= 4 is 19.8 Å². The number of hydrogen-bond donors (Lipinski definition) is 2. The van der Waals surface area contributed by atoms with Crippen molar-refractivity contribution in [3.8, 4) is 11.5 Å². The third-order valence-corrected chi connectivity index (χ3v) is 6.47. The van der Waals surface area contributed by atoms with E-state index in [9.17, 15) is 23.9 Å². The molecule has 0 spiro atoms. The Morgan fingerprint density at radius 1 is 0.703 bits per heavy atom. The van der Waals surface area contributed by atoms with E-state index in [-0.39, 0.29) is 23.7 Å². The minimum Gasteiger partial charge on any atom is -0.426 e. The maximum absolute atomic E-state index is 13.2. The molecule has 2 N–H and O–H groups in total. The van der Waals surface area contributed by atoms with Crippen LogP contribution >= 0.6 is 7.82 Å². The predicted molar refractivity (Wildman–Crippen MR) is 142 cm³/mol. The Morgan fingerprint density at radius 2 is 1.05 bits per heavy atom. The van der Waals surface area contributed by atoms with E-state index >= 15 is 0 Å². The van der Waals surface area contributed by atoms with Crippen LogP contribution in [0.2, 0.25) is 0 Å². The van der Waals surface area contributed by atoms with Crippen molar-refractivity contribution in [1.82, 2.24) is 0 Å². The van der Waals surface area contributed by atoms with Gasteiger partial charge in [0.25, 0.3) is 0 Å². The topological polar surface area (TPSA) is 119 Å². The van der Waals surface area contributed by atoms with Gasteiger partial charge in [0.05, 0.1) is 6.42 Å². The lowest BCUT2D eigenvalue weighted by Crippen LogP contribution is -2.32. The van der Waals surface area contributed by atoms with Crippen molar-refractivity contribution in [2.45, 2.75) is 91.6 Å². The van der Waals surface area contributed by atoms with Gasteiger partial charge in [-0.25, -0.2) is 9.36 Å². The zero-order valence-corrected chi connectivity index (χ0v) is 23.7. The molecule has 0 saturated carbocycles. The highest BCUT2D eigenvalue weighted by Crippen LogP contribution is 2.40. The molecule has 0 aliphatic heterocycles. The van der Waals surface area contributed by atoms with Crippen LogP contribution in [0.1, 0.15) is 108 Å². The van der Waals surface area contributed by atoms with Gasteiger partial charge in [-0.1, -0.05) is 91.8 Å². The summed E-state index contributed by atoms with van der Waals surface area (Å²) in [5, 5.41) is 0. The van der Waals surface area contributed by atoms with E-state index in [4.69, 9.17) is 14.0 Å². The van der Waals surface area contributed by atoms with Gasteiger partial charge in [0.2, 0.25) is 0 Å². The Kier molecular flexibility index (Phi) is 10.7. The van der Waals surface area contributed by atoms with Gasteiger partial charge in [-0.05, 0) is 45.9 Å². The minimum atomic E-state index is -5.14. The number of esters is 2. The molecule has 2 rings (SSSR count). The van der Waals surface area contributed by atoms with Crippen molar-refractivity contribution < 1.29 is 37.9 Å². The fraction of sp³-hybridized carbons (Fsp3) is 0.500. The van der Waals surface area contributed by atoms with E-state index < -0.39 is 32.3 Å². The summed E-state index contributed by atoms with van der Waals surface area (Å²) in [6, 6.07) is 11.1. The van der Waals surface area contributed by atoms with Gasteiger partial charge in [0.1, 0.15) is 11.5 Å². The Balaban J connectivity index is 2.40. The average molecular weight is 535 g/mol. The number of benzene rings is 2. The molecule has 2 aromatic rings. The Bertz CT molecular complexity index is 1090. The highest BCUT2D eigenvalue weighted by atomic mass is 31.2. The SMILES string of the molecule is CC(C)c1cccc(C(C)C)c1OC(=O)CC(OP(=O)(O)O)C(=O)Oc1c(C(C)C)cccc1C(C)C. The predicted octanol–water partition coefficient (Wildman–Crippen LogP) is 6.56. The third kappa shape index (κ3) is 8.50. The second kappa shape index (κ2) is 12.8. The van der Waals surface area contributed by atoms with Crippen molar-refractivity contribution in [2.24, 2.45) is 0 Å². The van der Waals surface area contributed by atoms with E-state index in [2.05, 4.69) is 0 Å². The van der Waals surface area contributed by atoms with Crippen molar-refractivity contribution in [1.29, 1.82) is 0 Å². The molecule has 1 atom stereocenters. The van der Waals surface area contributed by atoms with Crippen LogP contribution in [-0.2, 0) is 18.7 Å². The lowest BCUT2D eigenvalue weighted by Gasteiger charge is -2.22. The standard InChI is InChI=1S/C28H39O8P/c1-16(2)20-11-9-12-21(17(3)4)26(20)34-25(29)15-24(36-37(31,32)33)28(30)35-27-22(18(5)6)13-10-14-23(27)19(7)8/h9-14,16-19,24H,15H2,1-8H3,(H2,31,32,33). The summed E-state index contributed by atoms with van der Waals surface area (Å²) in [6.07, 6.45) is -2.61. The third-order valence-electron chi connectivity index (χ3n) is 5.94. The summed E-state index contributed by atoms with van der Waals surface area (Å²) in [5.41, 5.74) is 3.12. The van der Waals surface area contributed by atoms with Crippen LogP contribution in [0.15, 0.2) is 36.4 Å². The first-order valence-corrected chi connectivity index (χ1v) is 14.1. The number of hydrogen-bond acceptors (Lipinski definition) is 6. The second-order valence-electron chi connectivity index (χ2n) is 10.3. The van der Waals surface area contributed by atoms with Crippen LogP contribution in [-0.4, -0.2) is 27.8 Å². The summed E-state index contributed by atoms with van der Waals surface area (Å²) in [5.74, 6) is -1.15. The molecule has 0 aliphatic carbocycles. The van der Waals surface area contributed by atoms with Crippen molar-refractivity contribution in [2.75, 3.05) is 0 Å². The number of ether oxygens (including phenoxy) is 2. The van der Waals surface area contributed by atoms with E-state index in [0.717, 1.165) is 22.3 Å². The van der Waals surface area contributed by atoms with Gasteiger partial charge >= 0.3 is 19.8 Å². The number of carbonyl (C=O) groups excluding carboxylic acids is 2. The first kappa shape index (κ1) is 30.7. The zero-order valence-electron chi connectivity index (χ0n) is 22.8. The number of rotatable bonds is 11. The molecule has 0 fully saturated rings. The quantitative estimate of drug-likeness (QED) is 0.189. The number of phosphoric ester groups is 1. The van der Waals surface area contributed by atoms with Crippen molar-refractivity contribution in [3.05, 3.63) is 58.7 Å². The smallest absolute Gasteiger partial charge is 0.426 e. The molecule has 37 heavy (non-hydrogen) atoms. The second-order valence-corrected chi connectivity index (χ2v) is 11.5. The van der Waals surface area contributed by atoms with Gasteiger partial charge in [-0.15, -0.1) is 0 Å². The Morgan fingerprint density at radius 3 is 1.38 bits per heavy atom. The fourth-order valence-corrected chi connectivity index (χ4v) is 4.50. The number of para-hydroxylation sites is 2. The largest absolute Gasteiger partial charge is 0.470 e. The lowest BCUT2D eigenvalue weighted by molar-refractivity contribution is -0.149. The Hall–Kier alpha value is -2.51. The van der Waals surface area contributed by atoms with Gasteiger partial charge in [-0.3, -0.25) is 9.32 Å². The molecule has 1 unspecified atom stereocenters. The van der Waals surface area contributed by atoms with Crippen LogP contribution in [0.5, 0.6) is 11.5 Å². The van der Waals surface area contributed by atoms with Gasteiger partial charge < -0.3 is 19.3 Å². The summed E-state index contributed by atoms with van der Waals surface area (Å²) >= 11 is 0. The average Bonchev–Trinajstić information content (AvgIpc) is 2.77. The summed E-state index contributed by atoms with van der Waals surface area (Å²) in [4.78, 5) is 45.1. The number of phosphoric acid groups is 1. The molecule has 0 bridgehead atoms. The molecule has 9 heteroatoms. The summed E-state index contributed by atoms with van der Waals surface area (Å²) in [7, 11) is -5.14. The van der Waals surface area contributed by atoms with Crippen LogP contribution in [0, 0.1) is 0 Å². The van der Waals surface area contributed by atoms with Crippen LogP contribution < -0.4 is 9.47 Å². The van der Waals surface area contributed by atoms with Crippen LogP contribution in [0.4, 0.5) is 0 Å². The molecule has 204 valence electrons. The first-order valence-electron chi connectivity index (χ1n) is 12.5. The molecule has 0 heterocycles. The van der Waals surface area contributed by atoms with E-state index in [1.54, 1.807) is 0 Å². The molecule has 0 radical (unpaired) electrons. The highest BCUT2D eigenvalue weighted by molar-refractivity contribution is 7.46. The first-order chi connectivity index (χ1) is 17.1. The van der Waals surface area contributed by atoms with E-state index in [1.807, 2.05) is 91.8 Å². The van der Waals surface area contributed by atoms with Crippen LogP contribution in [0.3, 0.4) is 0 Å². The maximum Gasteiger partial charge on any atom is 0.470 e. The molecule has 8 nitrogen and oxygen atoms in total. The maximum atomic E-state index is 13.2. The molecular weight excluding hydrogens is 495 g/mol. The molecule has 0 amide bonds.